The second-order valence-corrected chi connectivity index (χ2v) is 9.01. The molecule has 2 aliphatic heterocycles. The normalized spacial score (nSPS) is 20.8. The molecule has 1 unspecified atom stereocenters. The lowest BCUT2D eigenvalue weighted by molar-refractivity contribution is -0.107. The van der Waals surface area contributed by atoms with Gasteiger partial charge in [0.15, 0.2) is 0 Å². The van der Waals surface area contributed by atoms with Gasteiger partial charge in [-0.1, -0.05) is 25.3 Å². The first kappa shape index (κ1) is 23.5. The number of carbonyl (C=O) groups is 1. The smallest absolute Gasteiger partial charge is 0.214 e. The van der Waals surface area contributed by atoms with Crippen LogP contribution in [0.4, 0.5) is 22.9 Å². The van der Waals surface area contributed by atoms with Crippen molar-refractivity contribution in [3.8, 4) is 0 Å². The van der Waals surface area contributed by atoms with Crippen LogP contribution in [-0.2, 0) is 20.8 Å². The molecule has 1 atom stereocenters. The number of methoxy groups -OCH3 is 1. The van der Waals surface area contributed by atoms with Crippen LogP contribution in [0.15, 0.2) is 36.5 Å². The summed E-state index contributed by atoms with van der Waals surface area (Å²) in [4.78, 5) is 20.2. The molecule has 1 saturated carbocycles. The lowest BCUT2D eigenvalue weighted by Crippen LogP contribution is -2.34. The molecule has 0 spiro atoms. The Morgan fingerprint density at radius 3 is 2.76 bits per heavy atom. The van der Waals surface area contributed by atoms with Gasteiger partial charge in [0.2, 0.25) is 6.41 Å². The molecule has 33 heavy (non-hydrogen) atoms. The van der Waals surface area contributed by atoms with Gasteiger partial charge in [0, 0.05) is 43.8 Å². The van der Waals surface area contributed by atoms with Gasteiger partial charge >= 0.3 is 0 Å². The highest BCUT2D eigenvalue weighted by Crippen LogP contribution is 2.37. The minimum Gasteiger partial charge on any atom is -0.381 e. The standard InChI is InChI=1S/C19H22N4O2.C7H14O/c1-14-6-9-25-10-8-23(14)16-4-5-17-18(11-16)22(13-24)12-15-3-2-7-20-19(15)21-17;1-8-7-5-3-2-4-6-7/h2-5,7,11,13-14H,6,8-10,12H2,1H3,(H,20,21);7H,2-6H2,1H3. The fourth-order valence-corrected chi connectivity index (χ4v) is 4.79. The zero-order valence-electron chi connectivity index (χ0n) is 19.8. The molecule has 1 aromatic carbocycles. The van der Waals surface area contributed by atoms with Crippen molar-refractivity contribution < 1.29 is 14.3 Å². The minimum absolute atomic E-state index is 0.405. The summed E-state index contributed by atoms with van der Waals surface area (Å²) >= 11 is 0. The molecule has 7 heteroatoms. The Labute approximate surface area is 197 Å². The lowest BCUT2D eigenvalue weighted by atomic mass is 9.98. The fourth-order valence-electron chi connectivity index (χ4n) is 4.79. The number of nitrogens with zero attached hydrogens (tertiary/aromatic N) is 3. The molecular weight excluding hydrogens is 416 g/mol. The number of hydrogen-bond donors (Lipinski definition) is 1. The highest BCUT2D eigenvalue weighted by Gasteiger charge is 2.23. The van der Waals surface area contributed by atoms with Gasteiger partial charge < -0.3 is 24.6 Å². The van der Waals surface area contributed by atoms with E-state index in [2.05, 4.69) is 34.3 Å². The summed E-state index contributed by atoms with van der Waals surface area (Å²) in [6, 6.07) is 10.5. The molecule has 7 nitrogen and oxygen atoms in total. The summed E-state index contributed by atoms with van der Waals surface area (Å²) in [5.41, 5.74) is 3.89. The zero-order chi connectivity index (χ0) is 23.0. The first-order chi connectivity index (χ1) is 16.2. The summed E-state index contributed by atoms with van der Waals surface area (Å²) in [6.07, 6.45) is 11.0. The first-order valence-corrected chi connectivity index (χ1v) is 12.1. The van der Waals surface area contributed by atoms with Gasteiger partial charge in [-0.05, 0) is 50.5 Å². The van der Waals surface area contributed by atoms with Crippen molar-refractivity contribution >= 4 is 29.3 Å². The number of ether oxygens (including phenoxy) is 2. The van der Waals surface area contributed by atoms with Crippen molar-refractivity contribution in [1.82, 2.24) is 4.98 Å². The second kappa shape index (κ2) is 11.5. The number of hydrogen-bond acceptors (Lipinski definition) is 6. The van der Waals surface area contributed by atoms with E-state index < -0.39 is 0 Å². The van der Waals surface area contributed by atoms with E-state index in [9.17, 15) is 4.79 Å². The molecule has 178 valence electrons. The molecule has 2 aromatic rings. The van der Waals surface area contributed by atoms with Crippen LogP contribution in [0, 0.1) is 0 Å². The van der Waals surface area contributed by atoms with E-state index in [-0.39, 0.29) is 0 Å². The number of fused-ring (bicyclic) bond motifs is 2. The van der Waals surface area contributed by atoms with E-state index in [4.69, 9.17) is 9.47 Å². The third-order valence-electron chi connectivity index (χ3n) is 6.81. The number of nitrogens with one attached hydrogen (secondary N) is 1. The Morgan fingerprint density at radius 2 is 2.00 bits per heavy atom. The van der Waals surface area contributed by atoms with Crippen LogP contribution in [0.3, 0.4) is 0 Å². The number of pyridine rings is 1. The Hall–Kier alpha value is -2.64. The molecule has 2 fully saturated rings. The summed E-state index contributed by atoms with van der Waals surface area (Å²) in [6.45, 7) is 5.11. The number of anilines is 4. The van der Waals surface area contributed by atoms with Crippen LogP contribution >= 0.6 is 0 Å². The Morgan fingerprint density at radius 1 is 1.15 bits per heavy atom. The van der Waals surface area contributed by atoms with E-state index in [1.165, 1.54) is 32.1 Å². The van der Waals surface area contributed by atoms with Gasteiger partial charge in [0.25, 0.3) is 0 Å². The quantitative estimate of drug-likeness (QED) is 0.670. The van der Waals surface area contributed by atoms with Crippen molar-refractivity contribution in [1.29, 1.82) is 0 Å². The summed E-state index contributed by atoms with van der Waals surface area (Å²) < 4.78 is 10.8. The molecule has 0 bridgehead atoms. The molecule has 3 aliphatic rings. The van der Waals surface area contributed by atoms with Crippen LogP contribution in [0.1, 0.15) is 51.0 Å². The Balaban J connectivity index is 0.000000275. The van der Waals surface area contributed by atoms with Gasteiger partial charge in [-0.25, -0.2) is 4.98 Å². The number of amides is 1. The average Bonchev–Trinajstić information content (AvgIpc) is 3.18. The molecule has 1 aliphatic carbocycles. The largest absolute Gasteiger partial charge is 0.381 e. The Kier molecular flexibility index (Phi) is 8.18. The first-order valence-electron chi connectivity index (χ1n) is 12.1. The molecule has 1 saturated heterocycles. The monoisotopic (exact) mass is 452 g/mol. The second-order valence-electron chi connectivity index (χ2n) is 9.01. The third kappa shape index (κ3) is 5.84. The maximum absolute atomic E-state index is 11.7. The number of carbonyl (C=O) groups excluding carboxylic acids is 1. The fraction of sp³-hybridized carbons (Fsp3) is 0.538. The van der Waals surface area contributed by atoms with Crippen molar-refractivity contribution in [2.75, 3.05) is 42.0 Å². The van der Waals surface area contributed by atoms with E-state index in [0.29, 0.717) is 18.7 Å². The van der Waals surface area contributed by atoms with Gasteiger partial charge in [-0.15, -0.1) is 0 Å². The maximum atomic E-state index is 11.7. The summed E-state index contributed by atoms with van der Waals surface area (Å²) in [5, 5.41) is 3.37. The number of aromatic nitrogens is 1. The maximum Gasteiger partial charge on any atom is 0.214 e. The van der Waals surface area contributed by atoms with Crippen LogP contribution in [0.25, 0.3) is 0 Å². The molecule has 0 radical (unpaired) electrons. The molecule has 1 amide bonds. The molecule has 1 N–H and O–H groups in total. The number of benzene rings is 1. The van der Waals surface area contributed by atoms with Crippen molar-refractivity contribution in [2.45, 2.75) is 64.1 Å². The number of rotatable bonds is 3. The molecular formula is C26H36N4O3. The van der Waals surface area contributed by atoms with Gasteiger partial charge in [0.05, 0.1) is 30.6 Å². The van der Waals surface area contributed by atoms with Crippen molar-refractivity contribution in [2.24, 2.45) is 0 Å². The van der Waals surface area contributed by atoms with Crippen LogP contribution in [0.2, 0.25) is 0 Å². The summed E-state index contributed by atoms with van der Waals surface area (Å²) in [7, 11) is 1.82. The SMILES string of the molecule is CC1CCOCCN1c1ccc2c(c1)N(C=O)Cc1cccnc1N2.COC1CCCCC1. The summed E-state index contributed by atoms with van der Waals surface area (Å²) in [5.74, 6) is 0.803. The van der Waals surface area contributed by atoms with Crippen LogP contribution in [0.5, 0.6) is 0 Å². The van der Waals surface area contributed by atoms with Gasteiger partial charge in [0.1, 0.15) is 5.82 Å². The van der Waals surface area contributed by atoms with Crippen molar-refractivity contribution in [3.05, 3.63) is 42.1 Å². The Bertz CT molecular complexity index is 916. The van der Waals surface area contributed by atoms with Crippen LogP contribution in [-0.4, -0.2) is 50.4 Å². The molecule has 1 aromatic heterocycles. The zero-order valence-corrected chi connectivity index (χ0v) is 19.8. The van der Waals surface area contributed by atoms with E-state index in [1.807, 2.05) is 25.3 Å². The third-order valence-corrected chi connectivity index (χ3v) is 6.81. The van der Waals surface area contributed by atoms with Crippen LogP contribution < -0.4 is 15.1 Å². The van der Waals surface area contributed by atoms with Crippen molar-refractivity contribution in [3.63, 3.8) is 0 Å². The van der Waals surface area contributed by atoms with E-state index in [0.717, 1.165) is 61.0 Å². The molecule has 3 heterocycles. The lowest BCUT2D eigenvalue weighted by Gasteiger charge is -2.30. The minimum atomic E-state index is 0.405. The topological polar surface area (TPSA) is 66.9 Å². The average molecular weight is 453 g/mol. The predicted octanol–water partition coefficient (Wildman–Crippen LogP) is 4.88. The highest BCUT2D eigenvalue weighted by molar-refractivity contribution is 5.89. The van der Waals surface area contributed by atoms with E-state index in [1.54, 1.807) is 11.1 Å². The van der Waals surface area contributed by atoms with E-state index >= 15 is 0 Å². The highest BCUT2D eigenvalue weighted by atomic mass is 16.5. The van der Waals surface area contributed by atoms with Gasteiger partial charge in [-0.2, -0.15) is 0 Å². The van der Waals surface area contributed by atoms with Gasteiger partial charge in [-0.3, -0.25) is 4.79 Å². The molecule has 5 rings (SSSR count). The predicted molar refractivity (Wildman–Crippen MR) is 132 cm³/mol.